The van der Waals surface area contributed by atoms with E-state index in [2.05, 4.69) is 11.9 Å². The summed E-state index contributed by atoms with van der Waals surface area (Å²) in [7, 11) is 0. The summed E-state index contributed by atoms with van der Waals surface area (Å²) in [4.78, 5) is 38.9. The molecular weight excluding hydrogens is 464 g/mol. The molecule has 0 atom stereocenters. The molecule has 0 aliphatic carbocycles. The van der Waals surface area contributed by atoms with Gasteiger partial charge in [0.05, 0.1) is 5.69 Å². The second-order valence-corrected chi connectivity index (χ2v) is 8.50. The number of rotatable bonds is 7. The second-order valence-electron chi connectivity index (χ2n) is 8.07. The van der Waals surface area contributed by atoms with Crippen molar-refractivity contribution in [3.8, 4) is 5.75 Å². The summed E-state index contributed by atoms with van der Waals surface area (Å²) in [6.45, 7) is 6.25. The number of amides is 4. The Kier molecular flexibility index (Phi) is 7.13. The van der Waals surface area contributed by atoms with Gasteiger partial charge in [0.2, 0.25) is 0 Å². The number of urea groups is 1. The third-order valence-electron chi connectivity index (χ3n) is 5.46. The molecule has 1 heterocycles. The first-order valence-electron chi connectivity index (χ1n) is 10.9. The van der Waals surface area contributed by atoms with Crippen LogP contribution in [-0.4, -0.2) is 17.8 Å². The molecule has 0 aromatic heterocycles. The quantitative estimate of drug-likeness (QED) is 0.267. The van der Waals surface area contributed by atoms with Crippen molar-refractivity contribution in [1.82, 2.24) is 5.32 Å². The Balaban J connectivity index is 1.60. The average Bonchev–Trinajstić information content (AvgIpc) is 2.83. The number of allylic oxidation sites excluding steroid dienone is 1. The van der Waals surface area contributed by atoms with Crippen LogP contribution in [0.3, 0.4) is 0 Å². The predicted octanol–water partition coefficient (Wildman–Crippen LogP) is 5.62. The molecule has 35 heavy (non-hydrogen) atoms. The minimum absolute atomic E-state index is 0.155. The van der Waals surface area contributed by atoms with E-state index < -0.39 is 17.8 Å². The van der Waals surface area contributed by atoms with Crippen molar-refractivity contribution in [3.05, 3.63) is 112 Å². The van der Waals surface area contributed by atoms with Gasteiger partial charge in [-0.2, -0.15) is 0 Å². The van der Waals surface area contributed by atoms with Crippen molar-refractivity contribution in [2.45, 2.75) is 20.0 Å². The van der Waals surface area contributed by atoms with Crippen molar-refractivity contribution < 1.29 is 19.1 Å². The van der Waals surface area contributed by atoms with Crippen molar-refractivity contribution >= 4 is 41.2 Å². The number of anilines is 1. The van der Waals surface area contributed by atoms with E-state index in [1.54, 1.807) is 30.3 Å². The zero-order chi connectivity index (χ0) is 24.9. The highest BCUT2D eigenvalue weighted by molar-refractivity contribution is 6.39. The molecule has 0 bridgehead atoms. The maximum absolute atomic E-state index is 13.1. The zero-order valence-corrected chi connectivity index (χ0v) is 19.8. The van der Waals surface area contributed by atoms with Crippen LogP contribution >= 0.6 is 11.6 Å². The lowest BCUT2D eigenvalue weighted by Crippen LogP contribution is -2.54. The molecule has 1 fully saturated rings. The van der Waals surface area contributed by atoms with Crippen LogP contribution in [0.15, 0.2) is 85.0 Å². The lowest BCUT2D eigenvalue weighted by Gasteiger charge is -2.26. The number of barbiturate groups is 1. The minimum Gasteiger partial charge on any atom is -0.489 e. The SMILES string of the molecule is C=CCc1cc(/C=C2\C(=O)NC(=O)N(c3ccc(Cl)cc3)C2=O)ccc1OCc1ccc(C)cc1. The summed E-state index contributed by atoms with van der Waals surface area (Å²) in [6.07, 6.45) is 3.75. The lowest BCUT2D eigenvalue weighted by molar-refractivity contribution is -0.122. The summed E-state index contributed by atoms with van der Waals surface area (Å²) in [5, 5.41) is 2.68. The molecule has 0 unspecified atom stereocenters. The van der Waals surface area contributed by atoms with Gasteiger partial charge in [0.15, 0.2) is 0 Å². The molecule has 0 spiro atoms. The third-order valence-corrected chi connectivity index (χ3v) is 5.71. The molecule has 1 N–H and O–H groups in total. The van der Waals surface area contributed by atoms with Crippen LogP contribution in [0, 0.1) is 6.92 Å². The van der Waals surface area contributed by atoms with Crippen LogP contribution in [0.1, 0.15) is 22.3 Å². The summed E-state index contributed by atoms with van der Waals surface area (Å²) in [5.74, 6) is -0.786. The lowest BCUT2D eigenvalue weighted by atomic mass is 10.0. The van der Waals surface area contributed by atoms with E-state index in [0.717, 1.165) is 16.0 Å². The molecule has 6 nitrogen and oxygen atoms in total. The van der Waals surface area contributed by atoms with Gasteiger partial charge in [0.25, 0.3) is 11.8 Å². The van der Waals surface area contributed by atoms with E-state index in [-0.39, 0.29) is 5.57 Å². The summed E-state index contributed by atoms with van der Waals surface area (Å²) < 4.78 is 6.02. The number of hydrogen-bond acceptors (Lipinski definition) is 4. The molecule has 4 rings (SSSR count). The number of nitrogens with zero attached hydrogens (tertiary/aromatic N) is 1. The number of imide groups is 2. The van der Waals surface area contributed by atoms with Crippen LogP contribution in [0.25, 0.3) is 6.08 Å². The maximum atomic E-state index is 13.1. The Morgan fingerprint density at radius 1 is 1.00 bits per heavy atom. The Morgan fingerprint density at radius 2 is 1.71 bits per heavy atom. The largest absolute Gasteiger partial charge is 0.489 e. The van der Waals surface area contributed by atoms with Crippen LogP contribution < -0.4 is 15.0 Å². The third kappa shape index (κ3) is 5.50. The van der Waals surface area contributed by atoms with Gasteiger partial charge >= 0.3 is 6.03 Å². The normalized spacial score (nSPS) is 14.7. The highest BCUT2D eigenvalue weighted by atomic mass is 35.5. The van der Waals surface area contributed by atoms with Gasteiger partial charge in [-0.15, -0.1) is 6.58 Å². The van der Waals surface area contributed by atoms with Crippen molar-refractivity contribution in [2.75, 3.05) is 4.90 Å². The molecule has 1 aliphatic rings. The smallest absolute Gasteiger partial charge is 0.335 e. The zero-order valence-electron chi connectivity index (χ0n) is 19.1. The molecule has 1 saturated heterocycles. The fourth-order valence-corrected chi connectivity index (χ4v) is 3.77. The first-order valence-corrected chi connectivity index (χ1v) is 11.3. The number of ether oxygens (including phenoxy) is 1. The van der Waals surface area contributed by atoms with Gasteiger partial charge < -0.3 is 4.74 Å². The number of nitrogens with one attached hydrogen (secondary N) is 1. The Labute approximate surface area is 208 Å². The first-order chi connectivity index (χ1) is 16.9. The van der Waals surface area contributed by atoms with E-state index >= 15 is 0 Å². The van der Waals surface area contributed by atoms with Crippen LogP contribution in [-0.2, 0) is 22.6 Å². The molecule has 0 radical (unpaired) electrons. The van der Waals surface area contributed by atoms with Crippen molar-refractivity contribution in [2.24, 2.45) is 0 Å². The fourth-order valence-electron chi connectivity index (χ4n) is 3.64. The predicted molar refractivity (Wildman–Crippen MR) is 136 cm³/mol. The number of carbonyl (C=O) groups excluding carboxylic acids is 3. The van der Waals surface area contributed by atoms with E-state index in [9.17, 15) is 14.4 Å². The molecule has 3 aromatic rings. The van der Waals surface area contributed by atoms with Gasteiger partial charge in [0.1, 0.15) is 17.9 Å². The minimum atomic E-state index is -0.813. The van der Waals surface area contributed by atoms with Gasteiger partial charge in [-0.05, 0) is 72.5 Å². The van der Waals surface area contributed by atoms with E-state index in [1.165, 1.54) is 23.8 Å². The molecule has 3 aromatic carbocycles. The van der Waals surface area contributed by atoms with Crippen LogP contribution in [0.4, 0.5) is 10.5 Å². The van der Waals surface area contributed by atoms with E-state index in [0.29, 0.717) is 35.1 Å². The monoisotopic (exact) mass is 486 g/mol. The van der Waals surface area contributed by atoms with Gasteiger partial charge in [-0.1, -0.05) is 53.6 Å². The van der Waals surface area contributed by atoms with Crippen LogP contribution in [0.5, 0.6) is 5.75 Å². The number of hydrogen-bond donors (Lipinski definition) is 1. The number of halogens is 1. The maximum Gasteiger partial charge on any atom is 0.335 e. The van der Waals surface area contributed by atoms with E-state index in [4.69, 9.17) is 16.3 Å². The average molecular weight is 487 g/mol. The molecule has 0 saturated carbocycles. The summed E-state index contributed by atoms with van der Waals surface area (Å²) in [6, 6.07) is 18.9. The van der Waals surface area contributed by atoms with Crippen molar-refractivity contribution in [3.63, 3.8) is 0 Å². The number of aryl methyl sites for hydroxylation is 1. The van der Waals surface area contributed by atoms with E-state index in [1.807, 2.05) is 37.3 Å². The van der Waals surface area contributed by atoms with Gasteiger partial charge in [-0.3, -0.25) is 14.9 Å². The molecule has 7 heteroatoms. The molecule has 4 amide bonds. The first kappa shape index (κ1) is 24.0. The number of benzene rings is 3. The molecular formula is C28H23ClN2O4. The van der Waals surface area contributed by atoms with Crippen molar-refractivity contribution in [1.29, 1.82) is 0 Å². The Hall–Kier alpha value is -4.16. The van der Waals surface area contributed by atoms with Gasteiger partial charge in [0, 0.05) is 5.02 Å². The summed E-state index contributed by atoms with van der Waals surface area (Å²) in [5.41, 5.74) is 3.85. The topological polar surface area (TPSA) is 75.7 Å². The highest BCUT2D eigenvalue weighted by Crippen LogP contribution is 2.26. The highest BCUT2D eigenvalue weighted by Gasteiger charge is 2.36. The summed E-state index contributed by atoms with van der Waals surface area (Å²) >= 11 is 5.91. The molecule has 176 valence electrons. The van der Waals surface area contributed by atoms with Gasteiger partial charge in [-0.25, -0.2) is 9.69 Å². The second kappa shape index (κ2) is 10.4. The number of carbonyl (C=O) groups is 3. The molecule has 1 aliphatic heterocycles. The van der Waals surface area contributed by atoms with Crippen LogP contribution in [0.2, 0.25) is 5.02 Å². The Bertz CT molecular complexity index is 1330. The fraction of sp³-hybridized carbons (Fsp3) is 0.107. The standard InChI is InChI=1S/C28H23ClN2O4/c1-3-4-21-15-20(9-14-25(21)35-17-19-7-5-18(2)6-8-19)16-24-26(32)30-28(34)31(27(24)33)23-12-10-22(29)11-13-23/h3,5-16H,1,4,17H2,2H3,(H,30,32,34)/b24-16+. The Morgan fingerprint density at radius 3 is 2.40 bits per heavy atom.